The third-order valence-electron chi connectivity index (χ3n) is 4.58. The molecule has 7 nitrogen and oxygen atoms in total. The van der Waals surface area contributed by atoms with Gasteiger partial charge in [-0.25, -0.2) is 18.7 Å². The minimum Gasteiger partial charge on any atom is -0.458 e. The van der Waals surface area contributed by atoms with Gasteiger partial charge in [0.05, 0.1) is 18.7 Å². The minimum absolute atomic E-state index is 0.231. The van der Waals surface area contributed by atoms with Crippen molar-refractivity contribution < 1.29 is 18.9 Å². The zero-order valence-electron chi connectivity index (χ0n) is 15.5. The van der Waals surface area contributed by atoms with Crippen molar-refractivity contribution >= 4 is 23.6 Å². The quantitative estimate of drug-likeness (QED) is 0.629. The third kappa shape index (κ3) is 4.14. The molecule has 2 aromatic rings. The van der Waals surface area contributed by atoms with Crippen LogP contribution in [0.5, 0.6) is 0 Å². The van der Waals surface area contributed by atoms with Crippen LogP contribution in [-0.2, 0) is 23.1 Å². The molecular weight excluding hydrogens is 368 g/mol. The second-order valence-corrected chi connectivity index (χ2v) is 6.88. The maximum atomic E-state index is 12.8. The zero-order chi connectivity index (χ0) is 19.6. The Morgan fingerprint density at radius 2 is 2.04 bits per heavy atom. The number of halogens is 1. The zero-order valence-corrected chi connectivity index (χ0v) is 16.2. The van der Waals surface area contributed by atoms with Crippen LogP contribution in [-0.4, -0.2) is 35.1 Å². The van der Waals surface area contributed by atoms with Gasteiger partial charge in [0.1, 0.15) is 25.5 Å². The number of hydrogen-bond acceptors (Lipinski definition) is 3. The van der Waals surface area contributed by atoms with E-state index in [9.17, 15) is 9.59 Å². The molecule has 0 bridgehead atoms. The Balaban J connectivity index is 1.80. The van der Waals surface area contributed by atoms with E-state index in [0.29, 0.717) is 22.8 Å². The van der Waals surface area contributed by atoms with Gasteiger partial charge in [-0.2, -0.15) is 0 Å². The van der Waals surface area contributed by atoms with Crippen LogP contribution >= 0.6 is 11.6 Å². The van der Waals surface area contributed by atoms with Gasteiger partial charge in [0.15, 0.2) is 0 Å². The van der Waals surface area contributed by atoms with Crippen LogP contribution in [0.4, 0.5) is 4.79 Å². The summed E-state index contributed by atoms with van der Waals surface area (Å²) in [6.45, 7) is 2.52. The van der Waals surface area contributed by atoms with E-state index in [2.05, 4.69) is 5.32 Å². The topological polar surface area (TPSA) is 67.5 Å². The highest BCUT2D eigenvalue weighted by Crippen LogP contribution is 2.31. The molecule has 3 rings (SSSR count). The molecule has 2 amide bonds. The molecule has 0 spiro atoms. The summed E-state index contributed by atoms with van der Waals surface area (Å²) in [5, 5.41) is 3.44. The number of carbonyl (C=O) groups is 2. The van der Waals surface area contributed by atoms with Gasteiger partial charge >= 0.3 is 12.0 Å². The second-order valence-electron chi connectivity index (χ2n) is 6.44. The lowest BCUT2D eigenvalue weighted by atomic mass is 9.95. The van der Waals surface area contributed by atoms with E-state index >= 15 is 0 Å². The van der Waals surface area contributed by atoms with E-state index in [4.69, 9.17) is 16.3 Å². The smallest absolute Gasteiger partial charge is 0.338 e. The molecule has 142 valence electrons. The van der Waals surface area contributed by atoms with Crippen LogP contribution in [0.15, 0.2) is 54.3 Å². The summed E-state index contributed by atoms with van der Waals surface area (Å²) < 4.78 is 9.34. The molecule has 8 heteroatoms. The minimum atomic E-state index is -0.581. The van der Waals surface area contributed by atoms with Crippen molar-refractivity contribution in [3.63, 3.8) is 0 Å². The van der Waals surface area contributed by atoms with Crippen molar-refractivity contribution in [1.82, 2.24) is 14.8 Å². The number of aryl methyl sites for hydroxylation is 1. The summed E-state index contributed by atoms with van der Waals surface area (Å²) in [5.41, 5.74) is 1.75. The van der Waals surface area contributed by atoms with Crippen molar-refractivity contribution in [1.29, 1.82) is 0 Å². The van der Waals surface area contributed by atoms with Gasteiger partial charge in [0.2, 0.25) is 6.33 Å². The lowest BCUT2D eigenvalue weighted by Crippen LogP contribution is -2.46. The van der Waals surface area contributed by atoms with Crippen molar-refractivity contribution in [3.05, 3.63) is 64.8 Å². The van der Waals surface area contributed by atoms with Gasteiger partial charge in [0.25, 0.3) is 0 Å². The highest BCUT2D eigenvalue weighted by atomic mass is 35.5. The van der Waals surface area contributed by atoms with Crippen molar-refractivity contribution in [2.75, 3.05) is 13.7 Å². The average Bonchev–Trinajstić information content (AvgIpc) is 3.05. The number of benzene rings is 1. The first-order valence-corrected chi connectivity index (χ1v) is 8.93. The van der Waals surface area contributed by atoms with Crippen LogP contribution in [0, 0.1) is 0 Å². The second kappa shape index (κ2) is 7.84. The Kier molecular flexibility index (Phi) is 5.51. The molecule has 1 aliphatic rings. The lowest BCUT2D eigenvalue weighted by Gasteiger charge is -2.33. The molecule has 0 radical (unpaired) electrons. The lowest BCUT2D eigenvalue weighted by molar-refractivity contribution is -0.671. The molecule has 0 saturated carbocycles. The largest absolute Gasteiger partial charge is 0.458 e. The standard InChI is InChI=1S/C19H21ClN4O3/c1-13-16(18(25)27-11-10-24-9-8-22(2)12-24)17(21-19(26)23(13)3)14-4-6-15(20)7-5-14/h4-9,12,17H,10-11H2,1-3H3/p+1. The van der Waals surface area contributed by atoms with E-state index in [0.717, 1.165) is 5.56 Å². The van der Waals surface area contributed by atoms with Gasteiger partial charge in [-0.05, 0) is 24.6 Å². The maximum absolute atomic E-state index is 12.8. The molecule has 1 unspecified atom stereocenters. The van der Waals surface area contributed by atoms with Crippen LogP contribution in [0.2, 0.25) is 5.02 Å². The molecule has 0 fully saturated rings. The van der Waals surface area contributed by atoms with Crippen molar-refractivity contribution in [2.24, 2.45) is 7.05 Å². The summed E-state index contributed by atoms with van der Waals surface area (Å²) in [7, 11) is 3.55. The number of amides is 2. The van der Waals surface area contributed by atoms with E-state index in [-0.39, 0.29) is 12.6 Å². The first kappa shape index (κ1) is 19.0. The molecule has 0 aliphatic carbocycles. The molecule has 2 heterocycles. The molecular formula is C19H22ClN4O3+. The van der Waals surface area contributed by atoms with Gasteiger partial charge in [-0.15, -0.1) is 0 Å². The van der Waals surface area contributed by atoms with E-state index in [1.54, 1.807) is 38.2 Å². The Hall–Kier alpha value is -2.80. The normalized spacial score (nSPS) is 17.1. The number of aromatic nitrogens is 2. The molecule has 1 aliphatic heterocycles. The number of hydrogen-bond donors (Lipinski definition) is 1. The van der Waals surface area contributed by atoms with E-state index in [1.165, 1.54) is 4.90 Å². The fourth-order valence-electron chi connectivity index (χ4n) is 2.96. The number of ether oxygens (including phenoxy) is 1. The number of nitrogens with zero attached hydrogens (tertiary/aromatic N) is 3. The monoisotopic (exact) mass is 389 g/mol. The summed E-state index contributed by atoms with van der Waals surface area (Å²) in [5.74, 6) is -0.448. The van der Waals surface area contributed by atoms with Crippen LogP contribution < -0.4 is 9.88 Å². The van der Waals surface area contributed by atoms with Gasteiger partial charge in [-0.3, -0.25) is 0 Å². The maximum Gasteiger partial charge on any atom is 0.338 e. The Bertz CT molecular complexity index is 889. The predicted octanol–water partition coefficient (Wildman–Crippen LogP) is 2.18. The van der Waals surface area contributed by atoms with Crippen LogP contribution in [0.25, 0.3) is 0 Å². The number of rotatable bonds is 5. The number of nitrogens with one attached hydrogen (secondary N) is 1. The van der Waals surface area contributed by atoms with Crippen molar-refractivity contribution in [3.8, 4) is 0 Å². The number of carbonyl (C=O) groups excluding carboxylic acids is 2. The number of imidazole rings is 1. The fraction of sp³-hybridized carbons (Fsp3) is 0.316. The first-order chi connectivity index (χ1) is 12.9. The summed E-state index contributed by atoms with van der Waals surface area (Å²) >= 11 is 5.96. The number of allylic oxidation sites excluding steroid dienone is 1. The van der Waals surface area contributed by atoms with E-state index < -0.39 is 12.0 Å². The SMILES string of the molecule is CC1=C(C(=O)OCCn2cc[n+](C)c2)C(c2ccc(Cl)cc2)NC(=O)N1C. The Morgan fingerprint density at radius 3 is 2.67 bits per heavy atom. The van der Waals surface area contributed by atoms with Crippen LogP contribution in [0.1, 0.15) is 18.5 Å². The Labute approximate surface area is 162 Å². The van der Waals surface area contributed by atoms with E-state index in [1.807, 2.05) is 34.9 Å². The molecule has 1 aromatic carbocycles. The third-order valence-corrected chi connectivity index (χ3v) is 4.84. The molecule has 1 N–H and O–H groups in total. The molecule has 1 aromatic heterocycles. The number of esters is 1. The van der Waals surface area contributed by atoms with Gasteiger partial charge in [0, 0.05) is 17.8 Å². The molecule has 0 saturated heterocycles. The Morgan fingerprint density at radius 1 is 1.33 bits per heavy atom. The highest BCUT2D eigenvalue weighted by molar-refractivity contribution is 6.30. The summed E-state index contributed by atoms with van der Waals surface area (Å²) in [4.78, 5) is 26.4. The van der Waals surface area contributed by atoms with Crippen LogP contribution in [0.3, 0.4) is 0 Å². The molecule has 1 atom stereocenters. The highest BCUT2D eigenvalue weighted by Gasteiger charge is 2.35. The average molecular weight is 390 g/mol. The van der Waals surface area contributed by atoms with Crippen molar-refractivity contribution in [2.45, 2.75) is 19.5 Å². The number of urea groups is 1. The summed E-state index contributed by atoms with van der Waals surface area (Å²) in [6.07, 6.45) is 5.73. The first-order valence-electron chi connectivity index (χ1n) is 8.55. The fourth-order valence-corrected chi connectivity index (χ4v) is 3.09. The predicted molar refractivity (Wildman–Crippen MR) is 99.8 cm³/mol. The molecule has 27 heavy (non-hydrogen) atoms. The summed E-state index contributed by atoms with van der Waals surface area (Å²) in [6, 6.07) is 6.18. The van der Waals surface area contributed by atoms with Gasteiger partial charge < -0.3 is 15.0 Å². The van der Waals surface area contributed by atoms with Gasteiger partial charge in [-0.1, -0.05) is 23.7 Å².